The largest absolute Gasteiger partial charge is 0.461 e. The number of anilines is 1. The number of aromatic nitrogens is 5. The summed E-state index contributed by atoms with van der Waals surface area (Å²) in [5, 5.41) is 11.6. The molecule has 1 aromatic carbocycles. The Morgan fingerprint density at radius 3 is 2.98 bits per heavy atom. The zero-order chi connectivity index (χ0) is 30.4. The average Bonchev–Trinajstić information content (AvgIpc) is 3.25. The summed E-state index contributed by atoms with van der Waals surface area (Å²) in [6, 6.07) is 1.83. The third-order valence-electron chi connectivity index (χ3n) is 10.4. The van der Waals surface area contributed by atoms with Crippen LogP contribution < -0.4 is 15.0 Å². The smallest absolute Gasteiger partial charge is 0.407 e. The molecule has 7 aliphatic rings. The Bertz CT molecular complexity index is 1870. The lowest BCUT2D eigenvalue weighted by Crippen LogP contribution is -2.52. The number of halogens is 3. The lowest BCUT2D eigenvalue weighted by Gasteiger charge is -2.40. The fourth-order valence-electron chi connectivity index (χ4n) is 7.96. The first-order valence-electron chi connectivity index (χ1n) is 15.6. The lowest BCUT2D eigenvalue weighted by molar-refractivity contribution is 0.107. The van der Waals surface area contributed by atoms with Crippen LogP contribution in [0.5, 0.6) is 6.01 Å². The first-order valence-corrected chi connectivity index (χ1v) is 15.9. The second kappa shape index (κ2) is 10.1. The second-order valence-corrected chi connectivity index (χ2v) is 13.6. The van der Waals surface area contributed by atoms with Crippen LogP contribution >= 0.6 is 11.6 Å². The molecule has 45 heavy (non-hydrogen) atoms. The third-order valence-corrected chi connectivity index (χ3v) is 10.7. The van der Waals surface area contributed by atoms with Gasteiger partial charge in [0.05, 0.1) is 29.2 Å². The predicted molar refractivity (Wildman–Crippen MR) is 162 cm³/mol. The first kappa shape index (κ1) is 27.5. The van der Waals surface area contributed by atoms with Crippen molar-refractivity contribution in [1.82, 2.24) is 35.4 Å². The van der Waals surface area contributed by atoms with Crippen molar-refractivity contribution in [2.24, 2.45) is 11.8 Å². The number of alkyl halides is 1. The van der Waals surface area contributed by atoms with E-state index in [2.05, 4.69) is 30.4 Å². The maximum Gasteiger partial charge on any atom is 0.407 e. The molecule has 1 saturated carbocycles. The van der Waals surface area contributed by atoms with Crippen LogP contribution in [0.2, 0.25) is 5.02 Å². The van der Waals surface area contributed by atoms with Gasteiger partial charge in [0, 0.05) is 66.6 Å². The summed E-state index contributed by atoms with van der Waals surface area (Å²) in [6.07, 6.45) is 4.86. The number of nitrogens with zero attached hydrogens (tertiary/aromatic N) is 6. The minimum Gasteiger partial charge on any atom is -0.461 e. The summed E-state index contributed by atoms with van der Waals surface area (Å²) in [7, 11) is 0. The molecule has 14 heteroatoms. The average molecular weight is 637 g/mol. The Labute approximate surface area is 261 Å². The maximum absolute atomic E-state index is 16.9. The van der Waals surface area contributed by atoms with Crippen molar-refractivity contribution in [1.29, 1.82) is 0 Å². The molecule has 6 aliphatic heterocycles. The highest BCUT2D eigenvalue weighted by Gasteiger charge is 2.49. The summed E-state index contributed by atoms with van der Waals surface area (Å²) < 4.78 is 43.2. The number of pyridine rings is 1. The normalized spacial score (nSPS) is 29.2. The molecule has 1 amide bonds. The number of carbonyl (C=O) groups is 1. The summed E-state index contributed by atoms with van der Waals surface area (Å²) >= 11 is 6.86. The fourth-order valence-corrected chi connectivity index (χ4v) is 8.30. The number of amides is 1. The van der Waals surface area contributed by atoms with Crippen LogP contribution in [0.4, 0.5) is 19.4 Å². The summed E-state index contributed by atoms with van der Waals surface area (Å²) in [5.41, 5.74) is 1.73. The van der Waals surface area contributed by atoms with Crippen LogP contribution in [0.25, 0.3) is 33.1 Å². The molecule has 6 bridgehead atoms. The van der Waals surface area contributed by atoms with Crippen molar-refractivity contribution >= 4 is 45.3 Å². The van der Waals surface area contributed by atoms with Gasteiger partial charge in [-0.3, -0.25) is 15.0 Å². The number of fused-ring (bicyclic) bond motifs is 2. The maximum atomic E-state index is 16.9. The minimum atomic E-state index is -0.897. The van der Waals surface area contributed by atoms with E-state index in [9.17, 15) is 9.18 Å². The number of carbonyl (C=O) groups excluding carboxylic acids is 1. The fraction of sp³-hybridized carbons (Fsp3) is 0.516. The lowest BCUT2D eigenvalue weighted by atomic mass is 9.94. The molecule has 0 radical (unpaired) electrons. The Morgan fingerprint density at radius 2 is 2.09 bits per heavy atom. The topological polar surface area (TPSA) is 121 Å². The van der Waals surface area contributed by atoms with Gasteiger partial charge in [-0.15, -0.1) is 0 Å². The number of alkyl carbamates (subject to hydrolysis) is 1. The van der Waals surface area contributed by atoms with Crippen molar-refractivity contribution in [2.75, 3.05) is 50.8 Å². The van der Waals surface area contributed by atoms with E-state index in [1.54, 1.807) is 18.5 Å². The van der Waals surface area contributed by atoms with Gasteiger partial charge >= 0.3 is 12.1 Å². The number of H-pyrrole nitrogens is 1. The molecule has 9 heterocycles. The predicted octanol–water partition coefficient (Wildman–Crippen LogP) is 4.60. The molecule has 1 aliphatic carbocycles. The second-order valence-electron chi connectivity index (χ2n) is 13.2. The number of ether oxygens (including phenoxy) is 2. The van der Waals surface area contributed by atoms with Crippen LogP contribution in [0.3, 0.4) is 0 Å². The van der Waals surface area contributed by atoms with Gasteiger partial charge in [-0.2, -0.15) is 15.1 Å². The molecule has 3 saturated heterocycles. The van der Waals surface area contributed by atoms with Crippen molar-refractivity contribution in [3.63, 3.8) is 0 Å². The highest BCUT2D eigenvalue weighted by Crippen LogP contribution is 2.54. The van der Waals surface area contributed by atoms with E-state index < -0.39 is 23.6 Å². The van der Waals surface area contributed by atoms with Crippen LogP contribution in [-0.4, -0.2) is 93.8 Å². The van der Waals surface area contributed by atoms with E-state index in [1.807, 2.05) is 4.90 Å². The zero-order valence-electron chi connectivity index (χ0n) is 24.4. The van der Waals surface area contributed by atoms with E-state index in [4.69, 9.17) is 26.1 Å². The number of nitrogens with one attached hydrogen (secondary N) is 2. The molecule has 4 fully saturated rings. The van der Waals surface area contributed by atoms with Gasteiger partial charge in [-0.25, -0.2) is 13.6 Å². The van der Waals surface area contributed by atoms with Crippen molar-refractivity contribution in [3.05, 3.63) is 34.9 Å². The van der Waals surface area contributed by atoms with Crippen LogP contribution in [0, 0.1) is 17.7 Å². The Morgan fingerprint density at radius 1 is 1.20 bits per heavy atom. The molecule has 234 valence electrons. The molecule has 4 aromatic rings. The Balaban J connectivity index is 1.19. The number of hydrogen-bond donors (Lipinski definition) is 2. The first-order chi connectivity index (χ1) is 21.9. The summed E-state index contributed by atoms with van der Waals surface area (Å²) in [5.74, 6) is 0.0532. The molecule has 2 N–H and O–H groups in total. The zero-order valence-corrected chi connectivity index (χ0v) is 25.1. The number of benzene rings is 1. The Kier molecular flexibility index (Phi) is 6.15. The molecule has 4 atom stereocenters. The van der Waals surface area contributed by atoms with E-state index in [1.165, 1.54) is 0 Å². The highest BCUT2D eigenvalue weighted by molar-refractivity contribution is 6.33. The van der Waals surface area contributed by atoms with Gasteiger partial charge in [0.2, 0.25) is 0 Å². The van der Waals surface area contributed by atoms with Crippen LogP contribution in [0.1, 0.15) is 37.2 Å². The molecule has 0 unspecified atom stereocenters. The van der Waals surface area contributed by atoms with Gasteiger partial charge in [0.1, 0.15) is 29.8 Å². The standard InChI is InChI=1S/C31H31ClF2N8O3/c32-21-5-22-19(9-37-40-22)24-23(21)18-4-16(18)13-44-30(43)36-7-15-10-41(11-15)28-20-8-35-27(24)25(34)26(20)38-29(39-28)45-14-31-2-1-3-42(31)12-17(33)6-31/h5,8-9,15-18H,1-4,6-7,10-14H2,(H,36,43)(H,37,40)/t16-,17-,18-,31+/m1/s1. The monoisotopic (exact) mass is 636 g/mol. The third kappa shape index (κ3) is 4.41. The molecule has 3 aromatic heterocycles. The highest BCUT2D eigenvalue weighted by atomic mass is 35.5. The minimum absolute atomic E-state index is 0.0395. The number of aromatic amines is 1. The van der Waals surface area contributed by atoms with Gasteiger partial charge in [0.15, 0.2) is 5.82 Å². The summed E-state index contributed by atoms with van der Waals surface area (Å²) in [6.45, 7) is 3.33. The van der Waals surface area contributed by atoms with Gasteiger partial charge in [0.25, 0.3) is 0 Å². The molecule has 11 nitrogen and oxygen atoms in total. The van der Waals surface area contributed by atoms with Crippen molar-refractivity contribution in [2.45, 2.75) is 43.3 Å². The molecule has 0 spiro atoms. The van der Waals surface area contributed by atoms with Crippen LogP contribution in [0.15, 0.2) is 18.5 Å². The van der Waals surface area contributed by atoms with E-state index in [0.29, 0.717) is 65.3 Å². The van der Waals surface area contributed by atoms with Crippen LogP contribution in [-0.2, 0) is 4.74 Å². The van der Waals surface area contributed by atoms with E-state index in [0.717, 1.165) is 31.4 Å². The molecular weight excluding hydrogens is 606 g/mol. The number of rotatable bonds is 3. The van der Waals surface area contributed by atoms with Crippen molar-refractivity contribution < 1.29 is 23.0 Å². The number of hydrogen-bond acceptors (Lipinski definition) is 9. The quantitative estimate of drug-likeness (QED) is 0.332. The van der Waals surface area contributed by atoms with Gasteiger partial charge in [-0.1, -0.05) is 11.6 Å². The van der Waals surface area contributed by atoms with Gasteiger partial charge < -0.3 is 19.7 Å². The van der Waals surface area contributed by atoms with E-state index in [-0.39, 0.29) is 48.2 Å². The van der Waals surface area contributed by atoms with Crippen molar-refractivity contribution in [3.8, 4) is 17.3 Å². The molecule has 11 rings (SSSR count). The Hall–Kier alpha value is -3.84. The van der Waals surface area contributed by atoms with E-state index >= 15 is 4.39 Å². The molecular formula is C31H31ClF2N8O3. The SMILES string of the molecule is O=C1NCC2CN(C2)c2nc(OC[C@@]34CCCN3C[C@H](F)C4)nc3c(F)c(ncc23)-c2c(c(Cl)cc3[nH]ncc23)[C@@H]2C[C@@H]2CO1. The van der Waals surface area contributed by atoms with Gasteiger partial charge in [-0.05, 0) is 43.4 Å². The summed E-state index contributed by atoms with van der Waals surface area (Å²) in [4.78, 5) is 30.7.